The molecule has 19 nitrogen and oxygen atoms in total. The quantitative estimate of drug-likeness (QED) is 0.0328. The van der Waals surface area contributed by atoms with Crippen molar-refractivity contribution in [3.05, 3.63) is 48.6 Å². The monoisotopic (exact) mass is 962 g/mol. The molecule has 3 rings (SSSR count). The first-order chi connectivity index (χ1) is 32.3. The van der Waals surface area contributed by atoms with Crippen LogP contribution in [0, 0.1) is 0 Å². The molecule has 1 amide bonds. The summed E-state index contributed by atoms with van der Waals surface area (Å²) in [4.78, 5) is 13.1. The van der Waals surface area contributed by atoms with Gasteiger partial charge in [-0.15, -0.1) is 0 Å². The maximum atomic E-state index is 13.1. The highest BCUT2D eigenvalue weighted by Crippen LogP contribution is 2.33. The molecule has 17 atom stereocenters. The largest absolute Gasteiger partial charge is 0.394 e. The Bertz CT molecular complexity index is 1430. The lowest BCUT2D eigenvalue weighted by Crippen LogP contribution is -2.66. The molecule has 3 saturated heterocycles. The van der Waals surface area contributed by atoms with Crippen molar-refractivity contribution in [1.82, 2.24) is 5.32 Å². The van der Waals surface area contributed by atoms with E-state index < -0.39 is 124 Å². The maximum Gasteiger partial charge on any atom is 0.220 e. The SMILES string of the molecule is C/C=C/CC/C=C/CC/C=C/C(O)C(COC1OC(CO)C(OC2OC(CO)C(OC3OC(CO)C(O)C(O)C3O)C(O)C2O)C(O)C1O)NC(=O)CCCCCCC/C=C\CCCCCC. The fourth-order valence-electron chi connectivity index (χ4n) is 8.04. The van der Waals surface area contributed by atoms with Gasteiger partial charge in [-0.3, -0.25) is 4.79 Å². The van der Waals surface area contributed by atoms with E-state index in [1.807, 2.05) is 13.0 Å². The van der Waals surface area contributed by atoms with Crippen LogP contribution in [-0.2, 0) is 33.2 Å². The van der Waals surface area contributed by atoms with Crippen LogP contribution in [0.1, 0.15) is 117 Å². The van der Waals surface area contributed by atoms with E-state index in [1.54, 1.807) is 12.2 Å². The van der Waals surface area contributed by atoms with Crippen LogP contribution in [0.15, 0.2) is 48.6 Å². The second-order valence-electron chi connectivity index (χ2n) is 17.6. The van der Waals surface area contributed by atoms with Gasteiger partial charge in [0, 0.05) is 6.42 Å². The summed E-state index contributed by atoms with van der Waals surface area (Å²) in [5.41, 5.74) is 0. The van der Waals surface area contributed by atoms with Crippen molar-refractivity contribution in [1.29, 1.82) is 0 Å². The van der Waals surface area contributed by atoms with Gasteiger partial charge in [0.25, 0.3) is 0 Å². The third-order valence-corrected chi connectivity index (χ3v) is 12.2. The molecule has 12 N–H and O–H groups in total. The zero-order chi connectivity index (χ0) is 49.1. The van der Waals surface area contributed by atoms with Gasteiger partial charge in [-0.25, -0.2) is 0 Å². The summed E-state index contributed by atoms with van der Waals surface area (Å²) in [5.74, 6) is -0.307. The van der Waals surface area contributed by atoms with Gasteiger partial charge in [-0.1, -0.05) is 94.1 Å². The zero-order valence-corrected chi connectivity index (χ0v) is 39.4. The molecule has 67 heavy (non-hydrogen) atoms. The lowest BCUT2D eigenvalue weighted by molar-refractivity contribution is -0.379. The molecule has 3 fully saturated rings. The van der Waals surface area contributed by atoms with Crippen molar-refractivity contribution < 1.29 is 89.4 Å². The van der Waals surface area contributed by atoms with Gasteiger partial charge >= 0.3 is 0 Å². The summed E-state index contributed by atoms with van der Waals surface area (Å²) < 4.78 is 34.0. The van der Waals surface area contributed by atoms with Gasteiger partial charge in [-0.2, -0.15) is 0 Å². The van der Waals surface area contributed by atoms with Crippen molar-refractivity contribution in [2.75, 3.05) is 26.4 Å². The molecule has 0 bridgehead atoms. The van der Waals surface area contributed by atoms with E-state index >= 15 is 0 Å². The van der Waals surface area contributed by atoms with E-state index in [0.29, 0.717) is 12.8 Å². The highest BCUT2D eigenvalue weighted by atomic mass is 16.8. The molecule has 0 aromatic heterocycles. The first-order valence-electron chi connectivity index (χ1n) is 24.4. The molecule has 0 spiro atoms. The number of aliphatic hydroxyl groups is 11. The Labute approximate surface area is 395 Å². The minimum atomic E-state index is -1.98. The number of amides is 1. The van der Waals surface area contributed by atoms with Crippen molar-refractivity contribution in [3.63, 3.8) is 0 Å². The molecule has 388 valence electrons. The van der Waals surface area contributed by atoms with Crippen LogP contribution in [0.2, 0.25) is 0 Å². The second kappa shape index (κ2) is 33.4. The first-order valence-corrected chi connectivity index (χ1v) is 24.4. The van der Waals surface area contributed by atoms with Gasteiger partial charge in [0.05, 0.1) is 38.6 Å². The smallest absolute Gasteiger partial charge is 0.220 e. The summed E-state index contributed by atoms with van der Waals surface area (Å²) in [5, 5.41) is 119. The fourth-order valence-corrected chi connectivity index (χ4v) is 8.04. The average molecular weight is 962 g/mol. The lowest BCUT2D eigenvalue weighted by Gasteiger charge is -2.48. The van der Waals surface area contributed by atoms with Crippen LogP contribution in [0.5, 0.6) is 0 Å². The number of allylic oxidation sites excluding steroid dienone is 7. The van der Waals surface area contributed by atoms with E-state index in [1.165, 1.54) is 25.7 Å². The summed E-state index contributed by atoms with van der Waals surface area (Å²) in [6.07, 6.45) is 4.47. The molecule has 3 heterocycles. The van der Waals surface area contributed by atoms with Crippen LogP contribution in [0.4, 0.5) is 0 Å². The minimum absolute atomic E-state index is 0.219. The van der Waals surface area contributed by atoms with Crippen molar-refractivity contribution in [2.24, 2.45) is 0 Å². The van der Waals surface area contributed by atoms with Gasteiger partial charge in [0.1, 0.15) is 73.2 Å². The number of aliphatic hydroxyl groups excluding tert-OH is 11. The number of rotatable bonds is 32. The van der Waals surface area contributed by atoms with Crippen LogP contribution in [0.25, 0.3) is 0 Å². The molecule has 3 aliphatic rings. The predicted octanol–water partition coefficient (Wildman–Crippen LogP) is 0.803. The number of ether oxygens (including phenoxy) is 6. The van der Waals surface area contributed by atoms with Crippen molar-refractivity contribution >= 4 is 5.91 Å². The first kappa shape index (κ1) is 59.1. The van der Waals surface area contributed by atoms with E-state index in [9.17, 15) is 61.0 Å². The molecule has 0 radical (unpaired) electrons. The zero-order valence-electron chi connectivity index (χ0n) is 39.4. The van der Waals surface area contributed by atoms with E-state index in [0.717, 1.165) is 57.8 Å². The number of hydrogen-bond donors (Lipinski definition) is 12. The molecule has 0 aromatic carbocycles. The molecule has 0 saturated carbocycles. The van der Waals surface area contributed by atoms with E-state index in [2.05, 4.69) is 42.6 Å². The summed E-state index contributed by atoms with van der Waals surface area (Å²) in [6, 6.07) is -0.996. The molecule has 0 aromatic rings. The third kappa shape index (κ3) is 19.8. The number of carbonyl (C=O) groups is 1. The molecule has 19 heteroatoms. The van der Waals surface area contributed by atoms with Gasteiger partial charge in [0.15, 0.2) is 18.9 Å². The Morgan fingerprint density at radius 1 is 0.552 bits per heavy atom. The highest BCUT2D eigenvalue weighted by Gasteiger charge is 2.53. The topological polar surface area (TPSA) is 307 Å². The Morgan fingerprint density at radius 2 is 1.01 bits per heavy atom. The average Bonchev–Trinajstić information content (AvgIpc) is 3.32. The van der Waals surface area contributed by atoms with Gasteiger partial charge in [0.2, 0.25) is 5.91 Å². The van der Waals surface area contributed by atoms with Crippen molar-refractivity contribution in [2.45, 2.75) is 221 Å². The number of nitrogens with one attached hydrogen (secondary N) is 1. The predicted molar refractivity (Wildman–Crippen MR) is 245 cm³/mol. The molecule has 17 unspecified atom stereocenters. The van der Waals surface area contributed by atoms with Gasteiger partial charge < -0.3 is 89.9 Å². The van der Waals surface area contributed by atoms with Crippen molar-refractivity contribution in [3.8, 4) is 0 Å². The Kier molecular flexibility index (Phi) is 29.4. The fraction of sp³-hybridized carbons (Fsp3) is 0.812. The summed E-state index contributed by atoms with van der Waals surface area (Å²) in [6.45, 7) is 1.37. The number of hydrogen-bond acceptors (Lipinski definition) is 18. The van der Waals surface area contributed by atoms with Crippen LogP contribution in [-0.4, -0.2) is 193 Å². The lowest BCUT2D eigenvalue weighted by atomic mass is 9.96. The Morgan fingerprint density at radius 3 is 1.58 bits per heavy atom. The summed E-state index contributed by atoms with van der Waals surface area (Å²) >= 11 is 0. The molecule has 0 aliphatic carbocycles. The Balaban J connectivity index is 1.58. The second-order valence-corrected chi connectivity index (χ2v) is 17.6. The third-order valence-electron chi connectivity index (χ3n) is 12.2. The van der Waals surface area contributed by atoms with Gasteiger partial charge in [-0.05, 0) is 64.7 Å². The minimum Gasteiger partial charge on any atom is -0.394 e. The van der Waals surface area contributed by atoms with E-state index in [-0.39, 0.29) is 18.9 Å². The highest BCUT2D eigenvalue weighted by molar-refractivity contribution is 5.76. The standard InChI is InChI=1S/C48H83NO18/c1-3-5-7-9-11-13-14-15-16-18-20-22-24-26-36(54)49-31(32(53)25-23-21-19-17-12-10-8-6-4-2)30-62-46-42(60)39(57)44(34(28-51)64-46)67-48-43(61)40(58)45(35(29-52)65-48)66-47-41(59)38(56)37(55)33(27-50)63-47/h4,6,12-14,17,23,25,31-35,37-48,50-53,55-61H,3,5,7-11,15-16,18-22,24,26-30H2,1-2H3,(H,49,54)/b6-4+,14-13-,17-12+,25-23+. The maximum absolute atomic E-state index is 13.1. The molecular weight excluding hydrogens is 879 g/mol. The number of unbranched alkanes of at least 4 members (excludes halogenated alkanes) is 11. The normalized spacial score (nSPS) is 33.9. The van der Waals surface area contributed by atoms with Crippen LogP contribution in [0.3, 0.4) is 0 Å². The van der Waals surface area contributed by atoms with E-state index in [4.69, 9.17) is 28.4 Å². The Hall–Kier alpha value is -2.25. The molecule has 3 aliphatic heterocycles. The summed E-state index contributed by atoms with van der Waals surface area (Å²) in [7, 11) is 0. The van der Waals surface area contributed by atoms with Crippen LogP contribution < -0.4 is 5.32 Å². The molecular formula is C48H83NO18. The number of carbonyl (C=O) groups excluding carboxylic acids is 1. The van der Waals surface area contributed by atoms with Crippen LogP contribution >= 0.6 is 0 Å².